The van der Waals surface area contributed by atoms with Gasteiger partial charge in [0, 0.05) is 28.6 Å². The maximum Gasteiger partial charge on any atom is 0.331 e. The minimum atomic E-state index is -0.715. The van der Waals surface area contributed by atoms with Crippen molar-refractivity contribution in [1.82, 2.24) is 14.8 Å². The standard InChI is InChI=1S/C18H16BrN3O3/c1-10-8-12(9-15-16(23)20-18(25)21(3)17(15)24)11(2)22(10)14-6-4-13(19)5-7-14/h4-9H,1-3H3,(H,20,23,25). The highest BCUT2D eigenvalue weighted by atomic mass is 79.9. The first-order valence-corrected chi connectivity index (χ1v) is 8.39. The van der Waals surface area contributed by atoms with Crippen LogP contribution >= 0.6 is 15.9 Å². The molecule has 6 nitrogen and oxygen atoms in total. The molecule has 0 unspecified atom stereocenters. The second-order valence-corrected chi connectivity index (χ2v) is 6.74. The van der Waals surface area contributed by atoms with Crippen LogP contribution in [0.2, 0.25) is 0 Å². The predicted octanol–water partition coefficient (Wildman–Crippen LogP) is 2.95. The van der Waals surface area contributed by atoms with Crippen LogP contribution < -0.4 is 5.32 Å². The minimum absolute atomic E-state index is 0.0573. The number of halogens is 1. The fourth-order valence-electron chi connectivity index (χ4n) is 2.82. The van der Waals surface area contributed by atoms with Gasteiger partial charge in [-0.25, -0.2) is 4.79 Å². The van der Waals surface area contributed by atoms with Crippen molar-refractivity contribution in [2.75, 3.05) is 7.05 Å². The highest BCUT2D eigenvalue weighted by molar-refractivity contribution is 9.10. The first kappa shape index (κ1) is 17.2. The molecular formula is C18H16BrN3O3. The normalized spacial score (nSPS) is 16.6. The molecule has 1 N–H and O–H groups in total. The number of amides is 4. The average molecular weight is 402 g/mol. The van der Waals surface area contributed by atoms with E-state index in [4.69, 9.17) is 0 Å². The van der Waals surface area contributed by atoms with Crippen LogP contribution in [0.25, 0.3) is 11.8 Å². The maximum absolute atomic E-state index is 12.2. The van der Waals surface area contributed by atoms with Crippen molar-refractivity contribution in [1.29, 1.82) is 0 Å². The molecule has 1 aromatic carbocycles. The quantitative estimate of drug-likeness (QED) is 0.620. The predicted molar refractivity (Wildman–Crippen MR) is 97.2 cm³/mol. The zero-order valence-electron chi connectivity index (χ0n) is 14.0. The number of carbonyl (C=O) groups is 3. The number of benzene rings is 1. The molecule has 1 aliphatic heterocycles. The van der Waals surface area contributed by atoms with Gasteiger partial charge in [-0.2, -0.15) is 0 Å². The van der Waals surface area contributed by atoms with Gasteiger partial charge in [-0.15, -0.1) is 0 Å². The fraction of sp³-hybridized carbons (Fsp3) is 0.167. The molecule has 0 aliphatic carbocycles. The lowest BCUT2D eigenvalue weighted by molar-refractivity contribution is -0.129. The highest BCUT2D eigenvalue weighted by Crippen LogP contribution is 2.24. The van der Waals surface area contributed by atoms with E-state index < -0.39 is 17.8 Å². The number of likely N-dealkylation sites (N-methyl/N-ethyl adjacent to an activating group) is 1. The van der Waals surface area contributed by atoms with Crippen LogP contribution in [0.15, 0.2) is 40.4 Å². The third-order valence-electron chi connectivity index (χ3n) is 4.16. The number of nitrogens with one attached hydrogen (secondary N) is 1. The van der Waals surface area contributed by atoms with E-state index in [1.807, 2.05) is 48.7 Å². The van der Waals surface area contributed by atoms with Crippen molar-refractivity contribution < 1.29 is 14.4 Å². The molecule has 25 heavy (non-hydrogen) atoms. The Labute approximate surface area is 153 Å². The fourth-order valence-corrected chi connectivity index (χ4v) is 3.09. The van der Waals surface area contributed by atoms with Gasteiger partial charge in [0.15, 0.2) is 0 Å². The lowest BCUT2D eigenvalue weighted by atomic mass is 10.1. The topological polar surface area (TPSA) is 71.4 Å². The number of nitrogens with zero attached hydrogens (tertiary/aromatic N) is 2. The first-order valence-electron chi connectivity index (χ1n) is 7.59. The van der Waals surface area contributed by atoms with Crippen LogP contribution in [0.4, 0.5) is 4.79 Å². The Morgan fingerprint density at radius 2 is 1.72 bits per heavy atom. The summed E-state index contributed by atoms with van der Waals surface area (Å²) < 4.78 is 3.03. The number of aromatic nitrogens is 1. The van der Waals surface area contributed by atoms with Gasteiger partial charge in [0.25, 0.3) is 11.8 Å². The smallest absolute Gasteiger partial charge is 0.318 e. The molecule has 0 atom stereocenters. The van der Waals surface area contributed by atoms with Crippen molar-refractivity contribution in [3.05, 3.63) is 57.3 Å². The summed E-state index contributed by atoms with van der Waals surface area (Å²) in [7, 11) is 1.34. The van der Waals surface area contributed by atoms with Crippen molar-refractivity contribution in [2.45, 2.75) is 13.8 Å². The number of aryl methyl sites for hydroxylation is 1. The van der Waals surface area contributed by atoms with Crippen LogP contribution in [0, 0.1) is 13.8 Å². The summed E-state index contributed by atoms with van der Waals surface area (Å²) in [5.41, 5.74) is 3.54. The zero-order valence-corrected chi connectivity index (χ0v) is 15.5. The van der Waals surface area contributed by atoms with Gasteiger partial charge >= 0.3 is 6.03 Å². The van der Waals surface area contributed by atoms with Gasteiger partial charge in [-0.05, 0) is 55.8 Å². The number of imide groups is 2. The van der Waals surface area contributed by atoms with Gasteiger partial charge in [-0.1, -0.05) is 15.9 Å². The molecule has 1 aliphatic rings. The summed E-state index contributed by atoms with van der Waals surface area (Å²) >= 11 is 3.42. The van der Waals surface area contributed by atoms with Gasteiger partial charge in [0.1, 0.15) is 5.57 Å². The van der Waals surface area contributed by atoms with Crippen LogP contribution in [-0.2, 0) is 9.59 Å². The number of carbonyl (C=O) groups excluding carboxylic acids is 3. The van der Waals surface area contributed by atoms with E-state index in [1.165, 1.54) is 13.1 Å². The second-order valence-electron chi connectivity index (χ2n) is 5.82. The van der Waals surface area contributed by atoms with E-state index in [0.29, 0.717) is 0 Å². The largest absolute Gasteiger partial charge is 0.331 e. The Bertz CT molecular complexity index is 926. The van der Waals surface area contributed by atoms with Crippen molar-refractivity contribution >= 4 is 39.9 Å². The Balaban J connectivity index is 2.06. The van der Waals surface area contributed by atoms with Gasteiger partial charge in [0.05, 0.1) is 0 Å². The van der Waals surface area contributed by atoms with E-state index in [1.54, 1.807) is 0 Å². The Hall–Kier alpha value is -2.67. The molecule has 2 heterocycles. The molecule has 0 saturated carbocycles. The van der Waals surface area contributed by atoms with Crippen molar-refractivity contribution in [2.24, 2.45) is 0 Å². The number of barbiturate groups is 1. The SMILES string of the molecule is Cc1cc(C=C2C(=O)NC(=O)N(C)C2=O)c(C)n1-c1ccc(Br)cc1. The van der Waals surface area contributed by atoms with Crippen LogP contribution in [0.1, 0.15) is 17.0 Å². The lowest BCUT2D eigenvalue weighted by Gasteiger charge is -2.22. The molecular weight excluding hydrogens is 386 g/mol. The van der Waals surface area contributed by atoms with Gasteiger partial charge in [-0.3, -0.25) is 19.8 Å². The Morgan fingerprint density at radius 3 is 2.36 bits per heavy atom. The van der Waals surface area contributed by atoms with E-state index >= 15 is 0 Å². The number of urea groups is 1. The highest BCUT2D eigenvalue weighted by Gasteiger charge is 2.33. The summed E-state index contributed by atoms with van der Waals surface area (Å²) in [5.74, 6) is -1.29. The summed E-state index contributed by atoms with van der Waals surface area (Å²) in [4.78, 5) is 36.6. The van der Waals surface area contributed by atoms with E-state index in [2.05, 4.69) is 21.2 Å². The van der Waals surface area contributed by atoms with Crippen LogP contribution in [-0.4, -0.2) is 34.4 Å². The second kappa shape index (κ2) is 6.33. The number of hydrogen-bond acceptors (Lipinski definition) is 3. The molecule has 0 radical (unpaired) electrons. The molecule has 0 bridgehead atoms. The van der Waals surface area contributed by atoms with E-state index in [-0.39, 0.29) is 5.57 Å². The maximum atomic E-state index is 12.2. The lowest BCUT2D eigenvalue weighted by Crippen LogP contribution is -2.52. The van der Waals surface area contributed by atoms with E-state index in [9.17, 15) is 14.4 Å². The summed E-state index contributed by atoms with van der Waals surface area (Å²) in [6, 6.07) is 9.04. The summed E-state index contributed by atoms with van der Waals surface area (Å²) in [6.07, 6.45) is 1.53. The number of hydrogen-bond donors (Lipinski definition) is 1. The first-order chi connectivity index (χ1) is 11.8. The molecule has 1 fully saturated rings. The molecule has 7 heteroatoms. The Kier molecular flexibility index (Phi) is 4.34. The van der Waals surface area contributed by atoms with Crippen LogP contribution in [0.5, 0.6) is 0 Å². The van der Waals surface area contributed by atoms with Gasteiger partial charge in [0.2, 0.25) is 0 Å². The van der Waals surface area contributed by atoms with Crippen molar-refractivity contribution in [3.8, 4) is 5.69 Å². The average Bonchev–Trinajstić information content (AvgIpc) is 2.84. The zero-order chi connectivity index (χ0) is 18.3. The molecule has 1 saturated heterocycles. The molecule has 3 rings (SSSR count). The summed E-state index contributed by atoms with van der Waals surface area (Å²) in [6.45, 7) is 3.87. The monoisotopic (exact) mass is 401 g/mol. The van der Waals surface area contributed by atoms with E-state index in [0.717, 1.165) is 32.0 Å². The van der Waals surface area contributed by atoms with Crippen molar-refractivity contribution in [3.63, 3.8) is 0 Å². The molecule has 0 spiro atoms. The minimum Gasteiger partial charge on any atom is -0.318 e. The van der Waals surface area contributed by atoms with Crippen LogP contribution in [0.3, 0.4) is 0 Å². The molecule has 4 amide bonds. The molecule has 2 aromatic rings. The third kappa shape index (κ3) is 3.02. The summed E-state index contributed by atoms with van der Waals surface area (Å²) in [5, 5.41) is 2.16. The number of rotatable bonds is 2. The van der Waals surface area contributed by atoms with Gasteiger partial charge < -0.3 is 4.57 Å². The molecule has 128 valence electrons. The Morgan fingerprint density at radius 1 is 1.08 bits per heavy atom. The third-order valence-corrected chi connectivity index (χ3v) is 4.69. The molecule has 1 aromatic heterocycles.